The number of anilines is 1. The van der Waals surface area contributed by atoms with Gasteiger partial charge in [-0.3, -0.25) is 9.59 Å². The molecule has 0 spiro atoms. The molecule has 1 heterocycles. The minimum atomic E-state index is -3.91. The summed E-state index contributed by atoms with van der Waals surface area (Å²) in [5, 5.41) is 2.70. The van der Waals surface area contributed by atoms with Crippen LogP contribution in [0.3, 0.4) is 0 Å². The number of carbonyl (C=O) groups is 2. The van der Waals surface area contributed by atoms with E-state index in [1.54, 1.807) is 36.4 Å². The van der Waals surface area contributed by atoms with E-state index in [1.807, 2.05) is 30.3 Å². The molecule has 1 aliphatic heterocycles. The Labute approximate surface area is 180 Å². The molecule has 0 fully saturated rings. The zero-order valence-corrected chi connectivity index (χ0v) is 17.3. The van der Waals surface area contributed by atoms with Crippen LogP contribution in [0.2, 0.25) is 0 Å². The first-order valence-electron chi connectivity index (χ1n) is 9.68. The van der Waals surface area contributed by atoms with Gasteiger partial charge in [-0.15, -0.1) is 0 Å². The predicted molar refractivity (Wildman–Crippen MR) is 115 cm³/mol. The van der Waals surface area contributed by atoms with Crippen molar-refractivity contribution in [2.24, 2.45) is 0 Å². The van der Waals surface area contributed by atoms with E-state index in [9.17, 15) is 18.0 Å². The second-order valence-electron chi connectivity index (χ2n) is 6.98. The Hall–Kier alpha value is -3.65. The van der Waals surface area contributed by atoms with Crippen molar-refractivity contribution >= 4 is 27.5 Å². The minimum Gasteiger partial charge on any atom is -0.489 e. The Morgan fingerprint density at radius 2 is 1.58 bits per heavy atom. The number of sulfonamides is 1. The molecule has 0 bridgehead atoms. The van der Waals surface area contributed by atoms with Gasteiger partial charge in [0, 0.05) is 18.7 Å². The average molecular weight is 436 g/mol. The van der Waals surface area contributed by atoms with Crippen LogP contribution in [-0.2, 0) is 21.4 Å². The van der Waals surface area contributed by atoms with Gasteiger partial charge in [-0.1, -0.05) is 42.5 Å². The summed E-state index contributed by atoms with van der Waals surface area (Å²) in [5.41, 5.74) is 1.73. The molecule has 3 aromatic rings. The third kappa shape index (κ3) is 4.44. The van der Waals surface area contributed by atoms with Crippen molar-refractivity contribution in [2.45, 2.75) is 17.9 Å². The van der Waals surface area contributed by atoms with Crippen LogP contribution < -0.4 is 10.1 Å². The molecule has 0 aromatic heterocycles. The first-order valence-corrected chi connectivity index (χ1v) is 11.1. The second-order valence-corrected chi connectivity index (χ2v) is 8.81. The van der Waals surface area contributed by atoms with Gasteiger partial charge in [0.25, 0.3) is 15.9 Å². The van der Waals surface area contributed by atoms with Crippen LogP contribution in [0.4, 0.5) is 5.69 Å². The van der Waals surface area contributed by atoms with Gasteiger partial charge < -0.3 is 10.1 Å². The topological polar surface area (TPSA) is 92.8 Å². The minimum absolute atomic E-state index is 0.0218. The number of rotatable bonds is 7. The van der Waals surface area contributed by atoms with E-state index < -0.39 is 21.8 Å². The van der Waals surface area contributed by atoms with Crippen molar-refractivity contribution in [3.8, 4) is 5.75 Å². The molecule has 7 nitrogen and oxygen atoms in total. The maximum atomic E-state index is 12.5. The number of benzene rings is 3. The van der Waals surface area contributed by atoms with Crippen LogP contribution in [0, 0.1) is 0 Å². The molecule has 0 radical (unpaired) electrons. The molecule has 1 aliphatic rings. The number of hydrogen-bond acceptors (Lipinski definition) is 5. The van der Waals surface area contributed by atoms with Gasteiger partial charge >= 0.3 is 0 Å². The van der Waals surface area contributed by atoms with Crippen molar-refractivity contribution < 1.29 is 22.7 Å². The molecule has 0 saturated heterocycles. The predicted octanol–water partition coefficient (Wildman–Crippen LogP) is 3.44. The van der Waals surface area contributed by atoms with E-state index >= 15 is 0 Å². The van der Waals surface area contributed by atoms with Gasteiger partial charge in [0.1, 0.15) is 17.3 Å². The third-order valence-electron chi connectivity index (χ3n) is 4.84. The number of fused-ring (bicyclic) bond motifs is 1. The smallest absolute Gasteiger partial charge is 0.269 e. The molecule has 0 aliphatic carbocycles. The highest BCUT2D eigenvalue weighted by molar-refractivity contribution is 7.90. The summed E-state index contributed by atoms with van der Waals surface area (Å²) < 4.78 is 31.5. The van der Waals surface area contributed by atoms with E-state index in [0.717, 1.165) is 9.87 Å². The summed E-state index contributed by atoms with van der Waals surface area (Å²) in [6.45, 7) is 0.215. The zero-order chi connectivity index (χ0) is 21.8. The van der Waals surface area contributed by atoms with Crippen LogP contribution in [0.5, 0.6) is 5.75 Å². The van der Waals surface area contributed by atoms with Crippen LogP contribution in [0.25, 0.3) is 0 Å². The van der Waals surface area contributed by atoms with Crippen molar-refractivity contribution in [3.05, 3.63) is 90.0 Å². The van der Waals surface area contributed by atoms with Crippen LogP contribution in [0.1, 0.15) is 22.3 Å². The van der Waals surface area contributed by atoms with Gasteiger partial charge in [0.05, 0.1) is 5.56 Å². The molecule has 8 heteroatoms. The Kier molecular flexibility index (Phi) is 5.73. The fraction of sp³-hybridized carbons (Fsp3) is 0.130. The molecular formula is C23H20N2O5S. The van der Waals surface area contributed by atoms with Gasteiger partial charge in [-0.25, -0.2) is 12.7 Å². The lowest BCUT2D eigenvalue weighted by Crippen LogP contribution is -2.33. The van der Waals surface area contributed by atoms with E-state index in [-0.39, 0.29) is 23.4 Å². The monoisotopic (exact) mass is 436 g/mol. The summed E-state index contributed by atoms with van der Waals surface area (Å²) in [5.74, 6) is -0.339. The highest BCUT2D eigenvalue weighted by Crippen LogP contribution is 2.30. The quantitative estimate of drug-likeness (QED) is 0.613. The van der Waals surface area contributed by atoms with Crippen molar-refractivity contribution in [3.63, 3.8) is 0 Å². The number of amides is 2. The molecule has 3 aromatic carbocycles. The second kappa shape index (κ2) is 8.61. The fourth-order valence-electron chi connectivity index (χ4n) is 3.25. The maximum absolute atomic E-state index is 12.5. The molecule has 0 saturated carbocycles. The van der Waals surface area contributed by atoms with Crippen LogP contribution in [0.15, 0.2) is 83.8 Å². The Morgan fingerprint density at radius 1 is 0.903 bits per heavy atom. The largest absolute Gasteiger partial charge is 0.489 e. The van der Waals surface area contributed by atoms with Crippen LogP contribution in [-0.4, -0.2) is 31.1 Å². The Bertz CT molecular complexity index is 1210. The number of nitrogens with zero attached hydrogens (tertiary/aromatic N) is 1. The molecule has 31 heavy (non-hydrogen) atoms. The SMILES string of the molecule is O=C(CCN1C(=O)c2ccccc2S1(=O)=O)Nc1ccc(OCc2ccccc2)cc1. The zero-order valence-electron chi connectivity index (χ0n) is 16.5. The van der Waals surface area contributed by atoms with E-state index in [2.05, 4.69) is 5.32 Å². The lowest BCUT2D eigenvalue weighted by atomic mass is 10.2. The molecule has 1 N–H and O–H groups in total. The standard InChI is InChI=1S/C23H20N2O5S/c26-22(14-15-25-23(27)20-8-4-5-9-21(20)31(25,28)29)24-18-10-12-19(13-11-18)30-16-17-6-2-1-3-7-17/h1-13H,14-16H2,(H,24,26). The van der Waals surface area contributed by atoms with Crippen molar-refractivity contribution in [1.82, 2.24) is 4.31 Å². The summed E-state index contributed by atoms with van der Waals surface area (Å²) in [6, 6.07) is 22.7. The van der Waals surface area contributed by atoms with Gasteiger partial charge in [0.15, 0.2) is 0 Å². The lowest BCUT2D eigenvalue weighted by Gasteiger charge is -2.15. The summed E-state index contributed by atoms with van der Waals surface area (Å²) in [6.07, 6.45) is -0.148. The average Bonchev–Trinajstić information content (AvgIpc) is 2.98. The summed E-state index contributed by atoms with van der Waals surface area (Å²) in [7, 11) is -3.91. The highest BCUT2D eigenvalue weighted by Gasteiger charge is 2.40. The molecular weight excluding hydrogens is 416 g/mol. The lowest BCUT2D eigenvalue weighted by molar-refractivity contribution is -0.116. The number of nitrogens with one attached hydrogen (secondary N) is 1. The molecule has 0 atom stereocenters. The first-order chi connectivity index (χ1) is 14.9. The maximum Gasteiger partial charge on any atom is 0.269 e. The van der Waals surface area contributed by atoms with Gasteiger partial charge in [0.2, 0.25) is 5.91 Å². The molecule has 0 unspecified atom stereocenters. The molecule has 2 amide bonds. The normalized spacial score (nSPS) is 14.2. The van der Waals surface area contributed by atoms with Gasteiger partial charge in [-0.2, -0.15) is 0 Å². The van der Waals surface area contributed by atoms with Crippen molar-refractivity contribution in [2.75, 3.05) is 11.9 Å². The number of carbonyl (C=O) groups excluding carboxylic acids is 2. The van der Waals surface area contributed by atoms with Crippen molar-refractivity contribution in [1.29, 1.82) is 0 Å². The van der Waals surface area contributed by atoms with E-state index in [1.165, 1.54) is 12.1 Å². The Morgan fingerprint density at radius 3 is 2.29 bits per heavy atom. The van der Waals surface area contributed by atoms with Crippen LogP contribution >= 0.6 is 0 Å². The van der Waals surface area contributed by atoms with Gasteiger partial charge in [-0.05, 0) is 42.0 Å². The summed E-state index contributed by atoms with van der Waals surface area (Å²) >= 11 is 0. The van der Waals surface area contributed by atoms with E-state index in [4.69, 9.17) is 4.74 Å². The molecule has 158 valence electrons. The first kappa shape index (κ1) is 20.6. The fourth-order valence-corrected chi connectivity index (χ4v) is 4.82. The van der Waals surface area contributed by atoms with E-state index in [0.29, 0.717) is 18.0 Å². The highest BCUT2D eigenvalue weighted by atomic mass is 32.2. The number of hydrogen-bond donors (Lipinski definition) is 1. The molecule has 4 rings (SSSR count). The number of ether oxygens (including phenoxy) is 1. The summed E-state index contributed by atoms with van der Waals surface area (Å²) in [4.78, 5) is 24.6. The third-order valence-corrected chi connectivity index (χ3v) is 6.68. The Balaban J connectivity index is 1.31.